The fourth-order valence-electron chi connectivity index (χ4n) is 2.47. The second kappa shape index (κ2) is 7.80. The van der Waals surface area contributed by atoms with Crippen LogP contribution in [0.5, 0.6) is 5.75 Å². The van der Waals surface area contributed by atoms with Gasteiger partial charge in [0.1, 0.15) is 12.4 Å². The largest absolute Gasteiger partial charge is 0.492 e. The molecular weight excluding hydrogens is 278 g/mol. The molecule has 0 fully saturated rings. The maximum absolute atomic E-state index is 11.8. The predicted molar refractivity (Wildman–Crippen MR) is 88.6 cm³/mol. The molecule has 2 aromatic carbocycles. The first-order valence-corrected chi connectivity index (χ1v) is 7.65. The third-order valence-electron chi connectivity index (χ3n) is 3.83. The lowest BCUT2D eigenvalue weighted by molar-refractivity contribution is 0.0603. The standard InChI is InChI=1S/C18H23NO3/c1-4-19(5-2)11-12-22-15-9-10-16-14(13-15)7-6-8-17(16)18(20)21-3/h6-10,13H,4-5,11-12H2,1-3H3. The summed E-state index contributed by atoms with van der Waals surface area (Å²) in [5.41, 5.74) is 0.578. The van der Waals surface area contributed by atoms with Gasteiger partial charge in [-0.3, -0.25) is 0 Å². The maximum atomic E-state index is 11.8. The Kier molecular flexibility index (Phi) is 5.78. The molecule has 0 saturated heterocycles. The highest BCUT2D eigenvalue weighted by atomic mass is 16.5. The molecule has 4 nitrogen and oxygen atoms in total. The number of fused-ring (bicyclic) bond motifs is 1. The molecule has 0 aromatic heterocycles. The van der Waals surface area contributed by atoms with Crippen LogP contribution in [0.1, 0.15) is 24.2 Å². The molecule has 0 spiro atoms. The Morgan fingerprint density at radius 3 is 2.59 bits per heavy atom. The van der Waals surface area contributed by atoms with Crippen LogP contribution in [-0.2, 0) is 4.74 Å². The minimum atomic E-state index is -0.319. The second-order valence-corrected chi connectivity index (χ2v) is 5.06. The lowest BCUT2D eigenvalue weighted by atomic mass is 10.0. The van der Waals surface area contributed by atoms with Crippen molar-refractivity contribution in [2.24, 2.45) is 0 Å². The minimum Gasteiger partial charge on any atom is -0.492 e. The normalized spacial score (nSPS) is 10.9. The van der Waals surface area contributed by atoms with E-state index in [9.17, 15) is 4.79 Å². The van der Waals surface area contributed by atoms with E-state index in [1.807, 2.05) is 30.3 Å². The SMILES string of the molecule is CCN(CC)CCOc1ccc2c(C(=O)OC)cccc2c1. The molecule has 0 bridgehead atoms. The van der Waals surface area contributed by atoms with E-state index in [-0.39, 0.29) is 5.97 Å². The van der Waals surface area contributed by atoms with Gasteiger partial charge in [-0.15, -0.1) is 0 Å². The van der Waals surface area contributed by atoms with E-state index in [2.05, 4.69) is 18.7 Å². The van der Waals surface area contributed by atoms with Gasteiger partial charge in [0.25, 0.3) is 0 Å². The summed E-state index contributed by atoms with van der Waals surface area (Å²) in [6.07, 6.45) is 0. The van der Waals surface area contributed by atoms with E-state index in [1.54, 1.807) is 6.07 Å². The molecule has 0 saturated carbocycles. The lowest BCUT2D eigenvalue weighted by Gasteiger charge is -2.18. The van der Waals surface area contributed by atoms with Crippen molar-refractivity contribution in [3.05, 3.63) is 42.0 Å². The predicted octanol–water partition coefficient (Wildman–Crippen LogP) is 3.35. The van der Waals surface area contributed by atoms with Gasteiger partial charge in [0, 0.05) is 6.54 Å². The number of nitrogens with zero attached hydrogens (tertiary/aromatic N) is 1. The third-order valence-corrected chi connectivity index (χ3v) is 3.83. The highest BCUT2D eigenvalue weighted by Crippen LogP contribution is 2.24. The number of methoxy groups -OCH3 is 1. The summed E-state index contributed by atoms with van der Waals surface area (Å²) in [6, 6.07) is 11.4. The molecule has 0 aliphatic carbocycles. The van der Waals surface area contributed by atoms with E-state index in [1.165, 1.54) is 7.11 Å². The van der Waals surface area contributed by atoms with Crippen molar-refractivity contribution in [2.45, 2.75) is 13.8 Å². The van der Waals surface area contributed by atoms with Crippen LogP contribution < -0.4 is 4.74 Å². The van der Waals surface area contributed by atoms with Crippen molar-refractivity contribution in [3.63, 3.8) is 0 Å². The number of benzene rings is 2. The van der Waals surface area contributed by atoms with Gasteiger partial charge in [0.2, 0.25) is 0 Å². The van der Waals surface area contributed by atoms with Gasteiger partial charge in [-0.2, -0.15) is 0 Å². The number of carbonyl (C=O) groups excluding carboxylic acids is 1. The molecule has 0 aliphatic rings. The Morgan fingerprint density at radius 2 is 1.91 bits per heavy atom. The number of ether oxygens (including phenoxy) is 2. The number of esters is 1. The average molecular weight is 301 g/mol. The van der Waals surface area contributed by atoms with Crippen LogP contribution in [0.15, 0.2) is 36.4 Å². The summed E-state index contributed by atoms with van der Waals surface area (Å²) < 4.78 is 10.6. The molecule has 0 heterocycles. The van der Waals surface area contributed by atoms with Gasteiger partial charge < -0.3 is 14.4 Å². The van der Waals surface area contributed by atoms with Gasteiger partial charge in [-0.05, 0) is 48.1 Å². The van der Waals surface area contributed by atoms with E-state index < -0.39 is 0 Å². The first-order chi connectivity index (χ1) is 10.7. The molecule has 0 N–H and O–H groups in total. The van der Waals surface area contributed by atoms with Crippen molar-refractivity contribution in [2.75, 3.05) is 33.4 Å². The van der Waals surface area contributed by atoms with Gasteiger partial charge in [0.05, 0.1) is 12.7 Å². The Bertz CT molecular complexity index is 635. The van der Waals surface area contributed by atoms with Crippen LogP contribution in [0.25, 0.3) is 10.8 Å². The molecule has 2 rings (SSSR count). The van der Waals surface area contributed by atoms with Gasteiger partial charge >= 0.3 is 5.97 Å². The number of rotatable bonds is 7. The zero-order valence-corrected chi connectivity index (χ0v) is 13.5. The van der Waals surface area contributed by atoms with Crippen LogP contribution in [0, 0.1) is 0 Å². The lowest BCUT2D eigenvalue weighted by Crippen LogP contribution is -2.27. The fourth-order valence-corrected chi connectivity index (χ4v) is 2.47. The molecule has 4 heteroatoms. The summed E-state index contributed by atoms with van der Waals surface area (Å²) in [5, 5.41) is 1.86. The summed E-state index contributed by atoms with van der Waals surface area (Å²) >= 11 is 0. The topological polar surface area (TPSA) is 38.8 Å². The summed E-state index contributed by atoms with van der Waals surface area (Å²) in [4.78, 5) is 14.1. The Morgan fingerprint density at radius 1 is 1.14 bits per heavy atom. The van der Waals surface area contributed by atoms with Gasteiger partial charge in [0.15, 0.2) is 0 Å². The highest BCUT2D eigenvalue weighted by Gasteiger charge is 2.10. The molecule has 0 amide bonds. The Labute approximate surface area is 131 Å². The Hall–Kier alpha value is -2.07. The average Bonchev–Trinajstić information content (AvgIpc) is 2.57. The molecule has 0 atom stereocenters. The molecule has 118 valence electrons. The molecule has 0 unspecified atom stereocenters. The first-order valence-electron chi connectivity index (χ1n) is 7.65. The number of carbonyl (C=O) groups is 1. The van der Waals surface area contributed by atoms with E-state index in [0.29, 0.717) is 12.2 Å². The molecule has 22 heavy (non-hydrogen) atoms. The van der Waals surface area contributed by atoms with Crippen LogP contribution in [0.2, 0.25) is 0 Å². The second-order valence-electron chi connectivity index (χ2n) is 5.06. The van der Waals surface area contributed by atoms with Crippen LogP contribution in [0.3, 0.4) is 0 Å². The van der Waals surface area contributed by atoms with Gasteiger partial charge in [-0.1, -0.05) is 26.0 Å². The zero-order chi connectivity index (χ0) is 15.9. The van der Waals surface area contributed by atoms with Crippen LogP contribution >= 0.6 is 0 Å². The summed E-state index contributed by atoms with van der Waals surface area (Å²) in [7, 11) is 1.39. The Balaban J connectivity index is 2.12. The fraction of sp³-hybridized carbons (Fsp3) is 0.389. The first kappa shape index (κ1) is 16.3. The van der Waals surface area contributed by atoms with Crippen molar-refractivity contribution < 1.29 is 14.3 Å². The van der Waals surface area contributed by atoms with Crippen molar-refractivity contribution >= 4 is 16.7 Å². The maximum Gasteiger partial charge on any atom is 0.338 e. The van der Waals surface area contributed by atoms with E-state index in [0.717, 1.165) is 36.2 Å². The smallest absolute Gasteiger partial charge is 0.338 e. The monoisotopic (exact) mass is 301 g/mol. The molecular formula is C18H23NO3. The van der Waals surface area contributed by atoms with Crippen molar-refractivity contribution in [1.29, 1.82) is 0 Å². The third kappa shape index (κ3) is 3.77. The highest BCUT2D eigenvalue weighted by molar-refractivity contribution is 6.04. The van der Waals surface area contributed by atoms with E-state index >= 15 is 0 Å². The summed E-state index contributed by atoms with van der Waals surface area (Å²) in [6.45, 7) is 7.92. The zero-order valence-electron chi connectivity index (χ0n) is 13.5. The molecule has 2 aromatic rings. The number of hydrogen-bond donors (Lipinski definition) is 0. The van der Waals surface area contributed by atoms with Crippen LogP contribution in [-0.4, -0.2) is 44.2 Å². The number of likely N-dealkylation sites (N-methyl/N-ethyl adjacent to an activating group) is 1. The van der Waals surface area contributed by atoms with Crippen molar-refractivity contribution in [3.8, 4) is 5.75 Å². The molecule has 0 radical (unpaired) electrons. The summed E-state index contributed by atoms with van der Waals surface area (Å²) in [5.74, 6) is 0.502. The van der Waals surface area contributed by atoms with Gasteiger partial charge in [-0.25, -0.2) is 4.79 Å². The van der Waals surface area contributed by atoms with Crippen molar-refractivity contribution in [1.82, 2.24) is 4.90 Å². The van der Waals surface area contributed by atoms with E-state index in [4.69, 9.17) is 9.47 Å². The van der Waals surface area contributed by atoms with Crippen LogP contribution in [0.4, 0.5) is 0 Å². The minimum absolute atomic E-state index is 0.319. The quantitative estimate of drug-likeness (QED) is 0.735. The number of hydrogen-bond acceptors (Lipinski definition) is 4. The molecule has 0 aliphatic heterocycles.